The van der Waals surface area contributed by atoms with Gasteiger partial charge in [-0.05, 0) is 61.6 Å². The largest absolute Gasteiger partial charge is 0.495 e. The fraction of sp³-hybridized carbons (Fsp3) is 0.240. The lowest BCUT2D eigenvalue weighted by atomic mass is 10.1. The molecule has 0 spiro atoms. The van der Waals surface area contributed by atoms with Gasteiger partial charge in [-0.1, -0.05) is 24.3 Å². The maximum absolute atomic E-state index is 12.1. The Morgan fingerprint density at radius 1 is 0.935 bits per heavy atom. The van der Waals surface area contributed by atoms with Crippen molar-refractivity contribution in [3.05, 3.63) is 83.4 Å². The Labute approximate surface area is 182 Å². The molecule has 0 atom stereocenters. The molecule has 0 aromatic heterocycles. The number of azo groups is 1. The van der Waals surface area contributed by atoms with Crippen LogP contribution in [0.2, 0.25) is 0 Å². The predicted octanol–water partition coefficient (Wildman–Crippen LogP) is 5.38. The van der Waals surface area contributed by atoms with Crippen LogP contribution in [0.5, 0.6) is 5.75 Å². The second-order valence-corrected chi connectivity index (χ2v) is 7.89. The van der Waals surface area contributed by atoms with Gasteiger partial charge in [0.1, 0.15) is 5.75 Å². The van der Waals surface area contributed by atoms with Gasteiger partial charge >= 0.3 is 0 Å². The molecule has 0 N–H and O–H groups in total. The van der Waals surface area contributed by atoms with E-state index in [1.165, 1.54) is 11.1 Å². The third kappa shape index (κ3) is 4.81. The summed E-state index contributed by atoms with van der Waals surface area (Å²) in [5.74, 6) is 0.853. The molecule has 6 nitrogen and oxygen atoms in total. The standard InChI is InChI=1S/C25H26N4O2/c1-28(2)17-24(30)18-8-10-21(11-9-18)26-27-22-12-13-23(25(14-22)31-3)29-15-19-6-4-5-7-20(19)16-29/h4-14H,15-17H2,1-3H3. The molecular formula is C25H26N4O2. The number of likely N-dealkylation sites (N-methyl/N-ethyl adjacent to an activating group) is 1. The lowest BCUT2D eigenvalue weighted by molar-refractivity contribution is 0.0958. The number of ether oxygens (including phenoxy) is 1. The predicted molar refractivity (Wildman–Crippen MR) is 123 cm³/mol. The fourth-order valence-electron chi connectivity index (χ4n) is 3.70. The Kier molecular flexibility index (Phi) is 6.09. The fourth-order valence-corrected chi connectivity index (χ4v) is 3.70. The van der Waals surface area contributed by atoms with Crippen LogP contribution in [0.3, 0.4) is 0 Å². The second-order valence-electron chi connectivity index (χ2n) is 7.89. The van der Waals surface area contributed by atoms with Crippen molar-refractivity contribution in [2.24, 2.45) is 10.2 Å². The number of carbonyl (C=O) groups excluding carboxylic acids is 1. The van der Waals surface area contributed by atoms with Gasteiger partial charge in [-0.15, -0.1) is 0 Å². The van der Waals surface area contributed by atoms with Crippen molar-refractivity contribution >= 4 is 22.8 Å². The first-order valence-corrected chi connectivity index (χ1v) is 10.2. The Morgan fingerprint density at radius 2 is 1.55 bits per heavy atom. The Hall–Kier alpha value is -3.51. The van der Waals surface area contributed by atoms with E-state index in [1.807, 2.05) is 37.2 Å². The van der Waals surface area contributed by atoms with Crippen LogP contribution in [0.25, 0.3) is 0 Å². The quantitative estimate of drug-likeness (QED) is 0.385. The van der Waals surface area contributed by atoms with E-state index < -0.39 is 0 Å². The van der Waals surface area contributed by atoms with E-state index in [1.54, 1.807) is 31.4 Å². The molecule has 1 aliphatic heterocycles. The molecule has 0 bridgehead atoms. The first-order valence-electron chi connectivity index (χ1n) is 10.2. The second kappa shape index (κ2) is 9.10. The molecular weight excluding hydrogens is 388 g/mol. The Bertz CT molecular complexity index is 1080. The minimum absolute atomic E-state index is 0.0814. The number of ketones is 1. The summed E-state index contributed by atoms with van der Waals surface area (Å²) in [5, 5.41) is 8.66. The van der Waals surface area contributed by atoms with Crippen molar-refractivity contribution in [2.75, 3.05) is 32.6 Å². The van der Waals surface area contributed by atoms with Crippen LogP contribution in [0.1, 0.15) is 21.5 Å². The molecule has 3 aromatic rings. The number of carbonyl (C=O) groups is 1. The normalized spacial score (nSPS) is 13.1. The molecule has 0 radical (unpaired) electrons. The summed E-state index contributed by atoms with van der Waals surface area (Å²) in [4.78, 5) is 16.3. The summed E-state index contributed by atoms with van der Waals surface area (Å²) in [6, 6.07) is 21.6. The number of Topliss-reactive ketones (excluding diaryl/α,β-unsaturated/α-hetero) is 1. The van der Waals surface area contributed by atoms with E-state index in [9.17, 15) is 4.79 Å². The van der Waals surface area contributed by atoms with Crippen LogP contribution in [0.15, 0.2) is 77.0 Å². The summed E-state index contributed by atoms with van der Waals surface area (Å²) in [5.41, 5.74) is 5.82. The molecule has 0 aliphatic carbocycles. The van der Waals surface area contributed by atoms with Crippen LogP contribution in [-0.2, 0) is 13.1 Å². The van der Waals surface area contributed by atoms with Gasteiger partial charge in [-0.25, -0.2) is 0 Å². The number of anilines is 1. The molecule has 158 valence electrons. The number of hydrogen-bond acceptors (Lipinski definition) is 6. The number of benzene rings is 3. The molecule has 0 unspecified atom stereocenters. The SMILES string of the molecule is COc1cc(N=Nc2ccc(C(=O)CN(C)C)cc2)ccc1N1Cc2ccccc2C1. The minimum atomic E-state index is 0.0814. The first-order chi connectivity index (χ1) is 15.0. The zero-order valence-electron chi connectivity index (χ0n) is 18.1. The third-order valence-electron chi connectivity index (χ3n) is 5.27. The average Bonchev–Trinajstić information content (AvgIpc) is 3.21. The molecule has 0 saturated carbocycles. The van der Waals surface area contributed by atoms with Crippen molar-refractivity contribution in [3.63, 3.8) is 0 Å². The van der Waals surface area contributed by atoms with Gasteiger partial charge in [0.2, 0.25) is 0 Å². The molecule has 1 heterocycles. The molecule has 6 heteroatoms. The molecule has 4 rings (SSSR count). The van der Waals surface area contributed by atoms with Crippen molar-refractivity contribution in [2.45, 2.75) is 13.1 Å². The Morgan fingerprint density at radius 3 is 2.16 bits per heavy atom. The number of hydrogen-bond donors (Lipinski definition) is 0. The lowest BCUT2D eigenvalue weighted by Crippen LogP contribution is -2.21. The van der Waals surface area contributed by atoms with Crippen LogP contribution in [0.4, 0.5) is 17.1 Å². The number of fused-ring (bicyclic) bond motifs is 1. The number of methoxy groups -OCH3 is 1. The smallest absolute Gasteiger partial charge is 0.176 e. The zero-order chi connectivity index (χ0) is 21.8. The van der Waals surface area contributed by atoms with E-state index in [0.29, 0.717) is 23.5 Å². The van der Waals surface area contributed by atoms with Gasteiger partial charge in [0.25, 0.3) is 0 Å². The molecule has 3 aromatic carbocycles. The molecule has 0 amide bonds. The van der Waals surface area contributed by atoms with E-state index in [2.05, 4.69) is 39.4 Å². The number of nitrogens with zero attached hydrogens (tertiary/aromatic N) is 4. The van der Waals surface area contributed by atoms with Crippen LogP contribution in [0, 0.1) is 0 Å². The highest BCUT2D eigenvalue weighted by molar-refractivity contribution is 5.97. The summed E-state index contributed by atoms with van der Waals surface area (Å²) in [7, 11) is 5.43. The van der Waals surface area contributed by atoms with Gasteiger partial charge in [0, 0.05) is 24.7 Å². The molecule has 0 saturated heterocycles. The highest BCUT2D eigenvalue weighted by atomic mass is 16.5. The van der Waals surface area contributed by atoms with Crippen LogP contribution in [-0.4, -0.2) is 38.4 Å². The van der Waals surface area contributed by atoms with Crippen LogP contribution < -0.4 is 9.64 Å². The van der Waals surface area contributed by atoms with Crippen LogP contribution >= 0.6 is 0 Å². The summed E-state index contributed by atoms with van der Waals surface area (Å²) >= 11 is 0. The van der Waals surface area contributed by atoms with E-state index >= 15 is 0 Å². The maximum Gasteiger partial charge on any atom is 0.176 e. The zero-order valence-corrected chi connectivity index (χ0v) is 18.1. The maximum atomic E-state index is 12.1. The highest BCUT2D eigenvalue weighted by Crippen LogP contribution is 2.37. The van der Waals surface area contributed by atoms with Gasteiger partial charge in [-0.3, -0.25) is 4.79 Å². The first kappa shape index (κ1) is 20.8. The topological polar surface area (TPSA) is 57.5 Å². The molecule has 31 heavy (non-hydrogen) atoms. The van der Waals surface area contributed by atoms with Gasteiger partial charge in [0.05, 0.1) is 30.7 Å². The highest BCUT2D eigenvalue weighted by Gasteiger charge is 2.21. The van der Waals surface area contributed by atoms with Gasteiger partial charge in [0.15, 0.2) is 5.78 Å². The third-order valence-corrected chi connectivity index (χ3v) is 5.27. The number of rotatable bonds is 7. The van der Waals surface area contributed by atoms with Gasteiger partial charge in [-0.2, -0.15) is 10.2 Å². The van der Waals surface area contributed by atoms with Gasteiger partial charge < -0.3 is 14.5 Å². The van der Waals surface area contributed by atoms with Crippen molar-refractivity contribution < 1.29 is 9.53 Å². The van der Waals surface area contributed by atoms with E-state index in [0.717, 1.165) is 24.5 Å². The van der Waals surface area contributed by atoms with E-state index in [-0.39, 0.29) is 5.78 Å². The average molecular weight is 415 g/mol. The minimum Gasteiger partial charge on any atom is -0.495 e. The Balaban J connectivity index is 1.47. The van der Waals surface area contributed by atoms with Crippen molar-refractivity contribution in [3.8, 4) is 5.75 Å². The lowest BCUT2D eigenvalue weighted by Gasteiger charge is -2.20. The monoisotopic (exact) mass is 414 g/mol. The molecule has 1 aliphatic rings. The molecule has 0 fully saturated rings. The summed E-state index contributed by atoms with van der Waals surface area (Å²) < 4.78 is 5.64. The summed E-state index contributed by atoms with van der Waals surface area (Å²) in [6.07, 6.45) is 0. The van der Waals surface area contributed by atoms with Crippen molar-refractivity contribution in [1.82, 2.24) is 4.90 Å². The van der Waals surface area contributed by atoms with E-state index in [4.69, 9.17) is 4.74 Å². The van der Waals surface area contributed by atoms with Crippen molar-refractivity contribution in [1.29, 1.82) is 0 Å². The summed E-state index contributed by atoms with van der Waals surface area (Å²) in [6.45, 7) is 2.12.